The summed E-state index contributed by atoms with van der Waals surface area (Å²) in [5.74, 6) is -0.584. The van der Waals surface area contributed by atoms with Gasteiger partial charge in [0.1, 0.15) is 0 Å². The summed E-state index contributed by atoms with van der Waals surface area (Å²) in [6.07, 6.45) is 2.61. The second-order valence-electron chi connectivity index (χ2n) is 4.29. The minimum absolute atomic E-state index is 0.103. The molecule has 14 heavy (non-hydrogen) atoms. The van der Waals surface area contributed by atoms with Gasteiger partial charge in [0, 0.05) is 5.92 Å². The van der Waals surface area contributed by atoms with E-state index in [1.54, 1.807) is 0 Å². The molecule has 0 spiro atoms. The van der Waals surface area contributed by atoms with Crippen molar-refractivity contribution in [1.29, 1.82) is 0 Å². The third-order valence-corrected chi connectivity index (χ3v) is 4.14. The number of carboxylic acids is 1. The van der Waals surface area contributed by atoms with Crippen LogP contribution in [0.1, 0.15) is 27.2 Å². The number of carboxylic acid groups (broad SMARTS) is 1. The van der Waals surface area contributed by atoms with Crippen molar-refractivity contribution in [2.45, 2.75) is 27.2 Å². The fourth-order valence-corrected chi connectivity index (χ4v) is 3.14. The molecule has 2 unspecified atom stereocenters. The summed E-state index contributed by atoms with van der Waals surface area (Å²) in [6.45, 7) is 5.95. The number of hydrogen-bond acceptors (Lipinski definition) is 1. The zero-order valence-electron chi connectivity index (χ0n) is 8.47. The molecule has 0 bridgehead atoms. The van der Waals surface area contributed by atoms with Crippen LogP contribution in [0.2, 0.25) is 0 Å². The molecule has 4 heteroatoms. The maximum absolute atomic E-state index is 11.3. The zero-order valence-corrected chi connectivity index (χ0v) is 11.6. The lowest BCUT2D eigenvalue weighted by molar-refractivity contribution is -0.145. The molecule has 0 aromatic rings. The van der Waals surface area contributed by atoms with Gasteiger partial charge in [-0.15, -0.1) is 0 Å². The Morgan fingerprint density at radius 2 is 2.00 bits per heavy atom. The van der Waals surface area contributed by atoms with Crippen molar-refractivity contribution in [1.82, 2.24) is 0 Å². The second-order valence-corrected chi connectivity index (χ2v) is 7.06. The Labute approximate surface area is 101 Å². The first kappa shape index (κ1) is 12.2. The quantitative estimate of drug-likeness (QED) is 0.858. The Balaban J connectivity index is 3.03. The molecule has 1 rings (SSSR count). The van der Waals surface area contributed by atoms with Crippen LogP contribution in [0.4, 0.5) is 0 Å². The summed E-state index contributed by atoms with van der Waals surface area (Å²) in [6, 6.07) is 0. The highest BCUT2D eigenvalue weighted by molar-refractivity contribution is 9.28. The number of aliphatic carboxylic acids is 1. The topological polar surface area (TPSA) is 37.3 Å². The molecule has 1 aliphatic carbocycles. The summed E-state index contributed by atoms with van der Waals surface area (Å²) in [4.78, 5) is 11.3. The molecule has 1 saturated carbocycles. The Morgan fingerprint density at radius 3 is 2.21 bits per heavy atom. The third kappa shape index (κ3) is 1.47. The average molecular weight is 326 g/mol. The normalized spacial score (nSPS) is 33.6. The van der Waals surface area contributed by atoms with Crippen LogP contribution >= 0.6 is 31.9 Å². The first-order valence-corrected chi connectivity index (χ1v) is 6.15. The summed E-state index contributed by atoms with van der Waals surface area (Å²) < 4.78 is 0.833. The maximum atomic E-state index is 11.3. The van der Waals surface area contributed by atoms with Crippen molar-refractivity contribution in [3.63, 3.8) is 0 Å². The lowest BCUT2D eigenvalue weighted by atomic mass is 9.93. The summed E-state index contributed by atoms with van der Waals surface area (Å²) in [5, 5.41) is 9.26. The van der Waals surface area contributed by atoms with Gasteiger partial charge in [-0.2, -0.15) is 0 Å². The predicted octanol–water partition coefficient (Wildman–Crippen LogP) is 3.75. The molecule has 80 valence electrons. The lowest BCUT2D eigenvalue weighted by Crippen LogP contribution is -2.20. The molecule has 0 aliphatic heterocycles. The molecule has 0 aromatic heterocycles. The van der Waals surface area contributed by atoms with Crippen LogP contribution in [0.3, 0.4) is 0 Å². The van der Waals surface area contributed by atoms with E-state index in [4.69, 9.17) is 0 Å². The van der Waals surface area contributed by atoms with Crippen LogP contribution in [0.15, 0.2) is 9.47 Å². The number of allylic oxidation sites excluding steroid dienone is 1. The minimum atomic E-state index is -0.688. The van der Waals surface area contributed by atoms with Crippen LogP contribution in [0.25, 0.3) is 0 Å². The van der Waals surface area contributed by atoms with Gasteiger partial charge in [0.2, 0.25) is 0 Å². The van der Waals surface area contributed by atoms with E-state index in [1.165, 1.54) is 0 Å². The number of hydrogen-bond donors (Lipinski definition) is 1. The van der Waals surface area contributed by atoms with E-state index in [0.29, 0.717) is 6.42 Å². The molecule has 0 amide bonds. The van der Waals surface area contributed by atoms with Gasteiger partial charge in [-0.3, -0.25) is 4.79 Å². The molecule has 2 atom stereocenters. The SMILES string of the molecule is CCC1(C(=O)O)C(C=C(Br)Br)C1(C)C. The van der Waals surface area contributed by atoms with Gasteiger partial charge < -0.3 is 5.11 Å². The van der Waals surface area contributed by atoms with Crippen molar-refractivity contribution in [2.24, 2.45) is 16.7 Å². The van der Waals surface area contributed by atoms with E-state index in [9.17, 15) is 9.90 Å². The van der Waals surface area contributed by atoms with Crippen LogP contribution in [-0.4, -0.2) is 11.1 Å². The van der Waals surface area contributed by atoms with Crippen LogP contribution in [0.5, 0.6) is 0 Å². The molecular weight excluding hydrogens is 312 g/mol. The highest BCUT2D eigenvalue weighted by Gasteiger charge is 2.73. The smallest absolute Gasteiger partial charge is 0.310 e. The van der Waals surface area contributed by atoms with Gasteiger partial charge in [-0.25, -0.2) is 0 Å². The maximum Gasteiger partial charge on any atom is 0.310 e. The molecule has 1 fully saturated rings. The molecule has 0 radical (unpaired) electrons. The number of carbonyl (C=O) groups is 1. The monoisotopic (exact) mass is 324 g/mol. The Kier molecular flexibility index (Phi) is 3.18. The van der Waals surface area contributed by atoms with Gasteiger partial charge in [0.15, 0.2) is 0 Å². The second kappa shape index (κ2) is 3.63. The van der Waals surface area contributed by atoms with E-state index >= 15 is 0 Å². The molecule has 0 aromatic carbocycles. The van der Waals surface area contributed by atoms with Crippen LogP contribution < -0.4 is 0 Å². The van der Waals surface area contributed by atoms with Crippen molar-refractivity contribution in [2.75, 3.05) is 0 Å². The van der Waals surface area contributed by atoms with Crippen LogP contribution in [0, 0.1) is 16.7 Å². The van der Waals surface area contributed by atoms with E-state index < -0.39 is 11.4 Å². The molecule has 1 aliphatic rings. The Hall–Kier alpha value is 0.170. The van der Waals surface area contributed by atoms with E-state index in [1.807, 2.05) is 26.8 Å². The van der Waals surface area contributed by atoms with Gasteiger partial charge in [-0.05, 0) is 43.7 Å². The minimum Gasteiger partial charge on any atom is -0.481 e. The standard InChI is InChI=1S/C10H14Br2O2/c1-4-10(8(13)14)6(5-7(11)12)9(10,2)3/h5-6H,4H2,1-3H3,(H,13,14). The first-order valence-electron chi connectivity index (χ1n) is 4.57. The molecule has 0 heterocycles. The summed E-state index contributed by atoms with van der Waals surface area (Å²) in [7, 11) is 0. The highest BCUT2D eigenvalue weighted by Crippen LogP contribution is 2.71. The Bertz CT molecular complexity index is 292. The summed E-state index contributed by atoms with van der Waals surface area (Å²) in [5.41, 5.74) is -0.736. The number of halogens is 2. The zero-order chi connectivity index (χ0) is 11.1. The van der Waals surface area contributed by atoms with Crippen molar-refractivity contribution < 1.29 is 9.90 Å². The van der Waals surface area contributed by atoms with E-state index in [-0.39, 0.29) is 11.3 Å². The largest absolute Gasteiger partial charge is 0.481 e. The predicted molar refractivity (Wildman–Crippen MR) is 63.6 cm³/mol. The molecule has 0 saturated heterocycles. The third-order valence-electron chi connectivity index (χ3n) is 3.61. The number of rotatable bonds is 3. The molecule has 2 nitrogen and oxygen atoms in total. The van der Waals surface area contributed by atoms with Crippen LogP contribution in [-0.2, 0) is 4.79 Å². The van der Waals surface area contributed by atoms with E-state index in [0.717, 1.165) is 3.39 Å². The fraction of sp³-hybridized carbons (Fsp3) is 0.700. The van der Waals surface area contributed by atoms with E-state index in [2.05, 4.69) is 31.9 Å². The van der Waals surface area contributed by atoms with Crippen molar-refractivity contribution in [3.05, 3.63) is 9.47 Å². The summed E-state index contributed by atoms with van der Waals surface area (Å²) >= 11 is 6.56. The van der Waals surface area contributed by atoms with Crippen molar-refractivity contribution in [3.8, 4) is 0 Å². The van der Waals surface area contributed by atoms with Gasteiger partial charge in [-0.1, -0.05) is 26.8 Å². The van der Waals surface area contributed by atoms with Crippen molar-refractivity contribution >= 4 is 37.8 Å². The van der Waals surface area contributed by atoms with Gasteiger partial charge in [0.25, 0.3) is 0 Å². The first-order chi connectivity index (χ1) is 6.30. The highest BCUT2D eigenvalue weighted by atomic mass is 79.9. The molecule has 1 N–H and O–H groups in total. The fourth-order valence-electron chi connectivity index (χ4n) is 2.61. The molecular formula is C10H14Br2O2. The van der Waals surface area contributed by atoms with Gasteiger partial charge >= 0.3 is 5.97 Å². The average Bonchev–Trinajstić information content (AvgIpc) is 2.48. The Morgan fingerprint density at radius 1 is 1.50 bits per heavy atom. The lowest BCUT2D eigenvalue weighted by Gasteiger charge is -2.11. The van der Waals surface area contributed by atoms with Gasteiger partial charge in [0.05, 0.1) is 8.81 Å².